The summed E-state index contributed by atoms with van der Waals surface area (Å²) in [5, 5.41) is 8.94. The summed E-state index contributed by atoms with van der Waals surface area (Å²) < 4.78 is 12.4. The van der Waals surface area contributed by atoms with Crippen LogP contribution in [0.25, 0.3) is 6.08 Å². The maximum Gasteiger partial charge on any atom is 0.259 e. The highest BCUT2D eigenvalue weighted by Crippen LogP contribution is 2.30. The van der Waals surface area contributed by atoms with Crippen LogP contribution in [0.1, 0.15) is 18.1 Å². The highest BCUT2D eigenvalue weighted by Gasteiger charge is 2.09. The number of nitrogens with zero attached hydrogens (tertiary/aromatic N) is 1. The van der Waals surface area contributed by atoms with E-state index in [4.69, 9.17) is 20.5 Å². The van der Waals surface area contributed by atoms with Gasteiger partial charge < -0.3 is 15.2 Å². The van der Waals surface area contributed by atoms with Crippen molar-refractivity contribution in [2.75, 3.05) is 6.61 Å². The van der Waals surface area contributed by atoms with Gasteiger partial charge in [0.2, 0.25) is 0 Å². The minimum Gasteiger partial charge on any atom is -0.490 e. The smallest absolute Gasteiger partial charge is 0.259 e. The Balaban J connectivity index is 2.22. The lowest BCUT2D eigenvalue weighted by molar-refractivity contribution is -0.114. The lowest BCUT2D eigenvalue weighted by Crippen LogP contribution is -2.12. The van der Waals surface area contributed by atoms with Crippen molar-refractivity contribution in [2.24, 2.45) is 5.73 Å². The molecule has 0 radical (unpaired) electrons. The molecule has 25 heavy (non-hydrogen) atoms. The maximum absolute atomic E-state index is 11.2. The molecule has 0 unspecified atom stereocenters. The fourth-order valence-electron chi connectivity index (χ4n) is 2.07. The first kappa shape index (κ1) is 18.6. The van der Waals surface area contributed by atoms with Gasteiger partial charge >= 0.3 is 0 Å². The minimum atomic E-state index is -0.768. The minimum absolute atomic E-state index is 0.119. The molecule has 0 aromatic heterocycles. The first-order chi connectivity index (χ1) is 12.0. The number of nitriles is 1. The Labute approximate surface area is 154 Å². The van der Waals surface area contributed by atoms with Crippen molar-refractivity contribution in [3.63, 3.8) is 0 Å². The molecule has 128 valence electrons. The number of benzene rings is 2. The summed E-state index contributed by atoms with van der Waals surface area (Å²) in [6, 6.07) is 14.8. The number of hydrogen-bond donors (Lipinski definition) is 1. The number of nitrogens with two attached hydrogens (primary N) is 1. The lowest BCUT2D eigenvalue weighted by Gasteiger charge is -2.13. The molecule has 2 aromatic rings. The third-order valence-electron chi connectivity index (χ3n) is 3.27. The second-order valence-corrected chi connectivity index (χ2v) is 6.00. The Morgan fingerprint density at radius 3 is 2.52 bits per heavy atom. The van der Waals surface area contributed by atoms with E-state index in [-0.39, 0.29) is 5.57 Å². The number of amides is 1. The molecule has 2 aromatic carbocycles. The molecule has 0 aliphatic carbocycles. The zero-order valence-corrected chi connectivity index (χ0v) is 15.2. The van der Waals surface area contributed by atoms with E-state index in [1.54, 1.807) is 24.3 Å². The van der Waals surface area contributed by atoms with Gasteiger partial charge in [-0.15, -0.1) is 0 Å². The van der Waals surface area contributed by atoms with Crippen LogP contribution >= 0.6 is 15.9 Å². The van der Waals surface area contributed by atoms with Gasteiger partial charge in [-0.2, -0.15) is 5.26 Å². The number of carbonyl (C=O) groups excluding carboxylic acids is 1. The maximum atomic E-state index is 11.2. The molecule has 5 nitrogen and oxygen atoms in total. The summed E-state index contributed by atoms with van der Waals surface area (Å²) in [6.45, 7) is 2.72. The molecule has 0 saturated heterocycles. The van der Waals surface area contributed by atoms with Crippen LogP contribution in [0.15, 0.2) is 52.5 Å². The average molecular weight is 401 g/mol. The van der Waals surface area contributed by atoms with Crippen LogP contribution in [0.2, 0.25) is 0 Å². The summed E-state index contributed by atoms with van der Waals surface area (Å²) in [5.74, 6) is 0.352. The van der Waals surface area contributed by atoms with Crippen LogP contribution in [-0.2, 0) is 11.4 Å². The summed E-state index contributed by atoms with van der Waals surface area (Å²) in [6.07, 6.45) is 1.42. The number of carbonyl (C=O) groups is 1. The summed E-state index contributed by atoms with van der Waals surface area (Å²) in [7, 11) is 0. The largest absolute Gasteiger partial charge is 0.490 e. The van der Waals surface area contributed by atoms with Crippen LogP contribution in [0.4, 0.5) is 0 Å². The topological polar surface area (TPSA) is 85.3 Å². The van der Waals surface area contributed by atoms with Crippen molar-refractivity contribution in [1.82, 2.24) is 0 Å². The van der Waals surface area contributed by atoms with Crippen molar-refractivity contribution in [3.8, 4) is 17.6 Å². The molecule has 0 atom stereocenters. The standard InChI is InChI=1S/C19H17BrN2O3/c1-2-24-18-10-14(9-15(11-21)19(22)23)5-8-17(18)25-12-13-3-6-16(20)7-4-13/h3-10H,2,12H2,1H3,(H2,22,23). The van der Waals surface area contributed by atoms with Crippen molar-refractivity contribution < 1.29 is 14.3 Å². The highest BCUT2D eigenvalue weighted by atomic mass is 79.9. The molecule has 2 rings (SSSR count). The number of ether oxygens (including phenoxy) is 2. The van der Waals surface area contributed by atoms with E-state index in [1.807, 2.05) is 31.2 Å². The van der Waals surface area contributed by atoms with E-state index in [1.165, 1.54) is 6.08 Å². The van der Waals surface area contributed by atoms with Crippen LogP contribution in [-0.4, -0.2) is 12.5 Å². The van der Waals surface area contributed by atoms with Gasteiger partial charge in [-0.05, 0) is 48.4 Å². The van der Waals surface area contributed by atoms with E-state index in [0.717, 1.165) is 10.0 Å². The summed E-state index contributed by atoms with van der Waals surface area (Å²) >= 11 is 3.40. The molecular formula is C19H17BrN2O3. The summed E-state index contributed by atoms with van der Waals surface area (Å²) in [5.41, 5.74) is 6.69. The lowest BCUT2D eigenvalue weighted by atomic mass is 10.1. The van der Waals surface area contributed by atoms with E-state index in [9.17, 15) is 4.79 Å². The van der Waals surface area contributed by atoms with Crippen molar-refractivity contribution >= 4 is 27.9 Å². The predicted molar refractivity (Wildman–Crippen MR) is 98.9 cm³/mol. The van der Waals surface area contributed by atoms with Crippen LogP contribution in [0.3, 0.4) is 0 Å². The zero-order chi connectivity index (χ0) is 18.2. The molecule has 0 heterocycles. The van der Waals surface area contributed by atoms with E-state index in [2.05, 4.69) is 15.9 Å². The van der Waals surface area contributed by atoms with Gasteiger partial charge in [0.05, 0.1) is 6.61 Å². The fraction of sp³-hybridized carbons (Fsp3) is 0.158. The molecule has 0 spiro atoms. The molecule has 0 bridgehead atoms. The first-order valence-corrected chi connectivity index (χ1v) is 8.38. The third-order valence-corrected chi connectivity index (χ3v) is 3.80. The van der Waals surface area contributed by atoms with Gasteiger partial charge in [-0.1, -0.05) is 34.1 Å². The Hall–Kier alpha value is -2.78. The quantitative estimate of drug-likeness (QED) is 0.565. The molecule has 0 aliphatic rings. The number of primary amides is 1. The van der Waals surface area contributed by atoms with E-state index in [0.29, 0.717) is 30.3 Å². The van der Waals surface area contributed by atoms with Gasteiger partial charge in [0.25, 0.3) is 5.91 Å². The highest BCUT2D eigenvalue weighted by molar-refractivity contribution is 9.10. The van der Waals surface area contributed by atoms with Gasteiger partial charge in [0.15, 0.2) is 11.5 Å². The molecule has 2 N–H and O–H groups in total. The molecule has 6 heteroatoms. The fourth-order valence-corrected chi connectivity index (χ4v) is 2.33. The molecule has 0 aliphatic heterocycles. The van der Waals surface area contributed by atoms with Gasteiger partial charge in [0.1, 0.15) is 18.2 Å². The van der Waals surface area contributed by atoms with Crippen LogP contribution in [0.5, 0.6) is 11.5 Å². The zero-order valence-electron chi connectivity index (χ0n) is 13.7. The third kappa shape index (κ3) is 5.37. The Bertz CT molecular complexity index is 824. The van der Waals surface area contributed by atoms with Gasteiger partial charge in [0, 0.05) is 4.47 Å². The van der Waals surface area contributed by atoms with Crippen molar-refractivity contribution in [2.45, 2.75) is 13.5 Å². The molecule has 1 amide bonds. The first-order valence-electron chi connectivity index (χ1n) is 7.59. The normalized spacial score (nSPS) is 10.8. The summed E-state index contributed by atoms with van der Waals surface area (Å²) in [4.78, 5) is 11.2. The van der Waals surface area contributed by atoms with Crippen LogP contribution < -0.4 is 15.2 Å². The Morgan fingerprint density at radius 1 is 1.20 bits per heavy atom. The molecular weight excluding hydrogens is 384 g/mol. The Kier molecular flexibility index (Phi) is 6.61. The van der Waals surface area contributed by atoms with Gasteiger partial charge in [-0.3, -0.25) is 4.79 Å². The van der Waals surface area contributed by atoms with E-state index >= 15 is 0 Å². The monoisotopic (exact) mass is 400 g/mol. The predicted octanol–water partition coefficient (Wildman–Crippen LogP) is 3.82. The number of hydrogen-bond acceptors (Lipinski definition) is 4. The Morgan fingerprint density at radius 2 is 1.92 bits per heavy atom. The number of rotatable bonds is 7. The van der Waals surface area contributed by atoms with Crippen molar-refractivity contribution in [3.05, 3.63) is 63.6 Å². The van der Waals surface area contributed by atoms with Crippen LogP contribution in [0, 0.1) is 11.3 Å². The average Bonchev–Trinajstić information content (AvgIpc) is 2.60. The molecule has 0 saturated carbocycles. The number of halogens is 1. The SMILES string of the molecule is CCOc1cc(C=C(C#N)C(N)=O)ccc1OCc1ccc(Br)cc1. The second kappa shape index (κ2) is 8.90. The second-order valence-electron chi connectivity index (χ2n) is 5.09. The van der Waals surface area contributed by atoms with Crippen molar-refractivity contribution in [1.29, 1.82) is 5.26 Å². The molecule has 0 fully saturated rings. The van der Waals surface area contributed by atoms with E-state index < -0.39 is 5.91 Å². The van der Waals surface area contributed by atoms with Gasteiger partial charge in [-0.25, -0.2) is 0 Å².